The Hall–Kier alpha value is -1.74. The fraction of sp³-hybridized carbons (Fsp3) is 0.581. The number of rotatable bonds is 4. The third kappa shape index (κ3) is 4.96. The second-order valence-electron chi connectivity index (χ2n) is 13.2. The summed E-state index contributed by atoms with van der Waals surface area (Å²) in [7, 11) is 0. The van der Waals surface area contributed by atoms with Crippen LogP contribution in [0.1, 0.15) is 119 Å². The zero-order valence-corrected chi connectivity index (χ0v) is 23.6. The van der Waals surface area contributed by atoms with E-state index in [4.69, 9.17) is 0 Å². The molecular weight excluding hydrogens is 434 g/mol. The summed E-state index contributed by atoms with van der Waals surface area (Å²) in [6.07, 6.45) is 5.66. The van der Waals surface area contributed by atoms with Crippen LogP contribution < -0.4 is 5.32 Å². The summed E-state index contributed by atoms with van der Waals surface area (Å²) in [4.78, 5) is 13.0. The number of benzene rings is 2. The maximum atomic E-state index is 13.0. The smallest absolute Gasteiger partial charge is 0.251 e. The molecule has 1 N–H and O–H groups in total. The topological polar surface area (TPSA) is 29.1 Å². The monoisotopic (exact) mass is 479 g/mol. The van der Waals surface area contributed by atoms with E-state index in [2.05, 4.69) is 91.0 Å². The van der Waals surface area contributed by atoms with Gasteiger partial charge in [-0.3, -0.25) is 4.79 Å². The van der Waals surface area contributed by atoms with E-state index in [1.165, 1.54) is 47.1 Å². The van der Waals surface area contributed by atoms with Crippen LogP contribution in [0.3, 0.4) is 0 Å². The minimum Gasteiger partial charge on any atom is -0.352 e. The molecule has 0 bridgehead atoms. The third-order valence-electron chi connectivity index (χ3n) is 8.73. The van der Waals surface area contributed by atoms with Gasteiger partial charge in [-0.25, -0.2) is 0 Å². The molecule has 0 aromatic heterocycles. The SMILES string of the molecule is CC1(C)CCC(C)(C)c2cc(CCNC(=O)c3ccc4c(c3)C(C)(C)CCC4(C)C)ccc21.S. The van der Waals surface area contributed by atoms with E-state index in [0.29, 0.717) is 6.54 Å². The molecule has 0 unspecified atom stereocenters. The van der Waals surface area contributed by atoms with Crippen LogP contribution in [0, 0.1) is 0 Å². The van der Waals surface area contributed by atoms with Crippen LogP contribution in [0.25, 0.3) is 0 Å². The second-order valence-corrected chi connectivity index (χ2v) is 13.2. The third-order valence-corrected chi connectivity index (χ3v) is 8.73. The van der Waals surface area contributed by atoms with Gasteiger partial charge in [0.1, 0.15) is 0 Å². The van der Waals surface area contributed by atoms with Crippen LogP contribution >= 0.6 is 13.5 Å². The van der Waals surface area contributed by atoms with E-state index in [-0.39, 0.29) is 41.1 Å². The van der Waals surface area contributed by atoms with Crippen molar-refractivity contribution < 1.29 is 4.79 Å². The first-order valence-electron chi connectivity index (χ1n) is 12.8. The van der Waals surface area contributed by atoms with Gasteiger partial charge in [-0.1, -0.05) is 79.7 Å². The molecule has 1 amide bonds. The van der Waals surface area contributed by atoms with E-state index in [9.17, 15) is 4.79 Å². The molecule has 2 aromatic carbocycles. The van der Waals surface area contributed by atoms with Gasteiger partial charge in [-0.05, 0) is 93.7 Å². The molecule has 4 rings (SSSR count). The summed E-state index contributed by atoms with van der Waals surface area (Å²) < 4.78 is 0. The average molecular weight is 480 g/mol. The van der Waals surface area contributed by atoms with Gasteiger partial charge in [0, 0.05) is 12.1 Å². The zero-order valence-electron chi connectivity index (χ0n) is 22.6. The first kappa shape index (κ1) is 26.9. The summed E-state index contributed by atoms with van der Waals surface area (Å²) in [5.41, 5.74) is 8.56. The summed E-state index contributed by atoms with van der Waals surface area (Å²) >= 11 is 0. The number of fused-ring (bicyclic) bond motifs is 2. The predicted octanol–water partition coefficient (Wildman–Crippen LogP) is 7.47. The van der Waals surface area contributed by atoms with E-state index in [1.54, 1.807) is 0 Å². The van der Waals surface area contributed by atoms with Crippen LogP contribution in [-0.2, 0) is 28.1 Å². The predicted molar refractivity (Wildman–Crippen MR) is 150 cm³/mol. The summed E-state index contributed by atoms with van der Waals surface area (Å²) in [6, 6.07) is 13.3. The van der Waals surface area contributed by atoms with Crippen molar-refractivity contribution in [3.8, 4) is 0 Å². The molecule has 186 valence electrons. The number of carbonyl (C=O) groups excluding carboxylic acids is 1. The van der Waals surface area contributed by atoms with Crippen molar-refractivity contribution in [3.05, 3.63) is 69.8 Å². The Kier molecular flexibility index (Phi) is 7.14. The highest BCUT2D eigenvalue weighted by Crippen LogP contribution is 2.47. The van der Waals surface area contributed by atoms with Crippen LogP contribution in [-0.4, -0.2) is 12.5 Å². The highest BCUT2D eigenvalue weighted by atomic mass is 32.1. The largest absolute Gasteiger partial charge is 0.352 e. The van der Waals surface area contributed by atoms with Gasteiger partial charge in [0.05, 0.1) is 0 Å². The molecule has 0 aliphatic heterocycles. The lowest BCUT2D eigenvalue weighted by atomic mass is 9.63. The molecular formula is C31H45NOS. The standard InChI is InChI=1S/C31H43NO.H2S/c1-28(2)14-16-30(5,6)25-19-21(9-11-23(25)28)13-18-32-27(33)22-10-12-24-26(20-22)31(7,8)17-15-29(24,3)4;/h9-12,19-20H,13-18H2,1-8H3,(H,32,33);1H2. The highest BCUT2D eigenvalue weighted by molar-refractivity contribution is 7.59. The van der Waals surface area contributed by atoms with E-state index in [0.717, 1.165) is 18.4 Å². The van der Waals surface area contributed by atoms with Crippen molar-refractivity contribution in [2.75, 3.05) is 6.54 Å². The van der Waals surface area contributed by atoms with Crippen molar-refractivity contribution in [2.45, 2.75) is 109 Å². The molecule has 0 radical (unpaired) electrons. The zero-order chi connectivity index (χ0) is 24.2. The van der Waals surface area contributed by atoms with E-state index < -0.39 is 0 Å². The van der Waals surface area contributed by atoms with Gasteiger partial charge in [0.25, 0.3) is 5.91 Å². The second kappa shape index (κ2) is 9.04. The van der Waals surface area contributed by atoms with Gasteiger partial charge in [0.15, 0.2) is 0 Å². The molecule has 0 heterocycles. The van der Waals surface area contributed by atoms with Crippen molar-refractivity contribution >= 4 is 19.4 Å². The summed E-state index contributed by atoms with van der Waals surface area (Å²) in [5.74, 6) is 0.0383. The lowest BCUT2D eigenvalue weighted by molar-refractivity contribution is 0.0953. The molecule has 3 heteroatoms. The molecule has 0 atom stereocenters. The van der Waals surface area contributed by atoms with Crippen LogP contribution in [0.5, 0.6) is 0 Å². The molecule has 2 aliphatic rings. The average Bonchev–Trinajstić information content (AvgIpc) is 2.74. The Bertz CT molecular complexity index is 1080. The maximum absolute atomic E-state index is 13.0. The minimum atomic E-state index is 0. The lowest BCUT2D eigenvalue weighted by Crippen LogP contribution is -2.35. The molecule has 2 nitrogen and oxygen atoms in total. The van der Waals surface area contributed by atoms with Crippen molar-refractivity contribution in [1.29, 1.82) is 0 Å². The maximum Gasteiger partial charge on any atom is 0.251 e. The van der Waals surface area contributed by atoms with E-state index in [1.807, 2.05) is 6.07 Å². The van der Waals surface area contributed by atoms with Gasteiger partial charge in [-0.2, -0.15) is 13.5 Å². The quantitative estimate of drug-likeness (QED) is 0.484. The number of amides is 1. The summed E-state index contributed by atoms with van der Waals surface area (Å²) in [5, 5.41) is 3.18. The first-order chi connectivity index (χ1) is 15.2. The van der Waals surface area contributed by atoms with Crippen LogP contribution in [0.2, 0.25) is 0 Å². The Morgan fingerprint density at radius 3 is 1.65 bits per heavy atom. The molecule has 0 spiro atoms. The fourth-order valence-electron chi connectivity index (χ4n) is 5.94. The highest BCUT2D eigenvalue weighted by Gasteiger charge is 2.38. The Balaban J connectivity index is 0.00000324. The summed E-state index contributed by atoms with van der Waals surface area (Å²) in [6.45, 7) is 19.4. The molecule has 0 fully saturated rings. The van der Waals surface area contributed by atoms with Crippen molar-refractivity contribution in [2.24, 2.45) is 0 Å². The molecule has 0 saturated carbocycles. The molecule has 2 aromatic rings. The normalized spacial score (nSPS) is 20.9. The van der Waals surface area contributed by atoms with Gasteiger partial charge in [0.2, 0.25) is 0 Å². The van der Waals surface area contributed by atoms with Gasteiger partial charge < -0.3 is 5.32 Å². The number of carbonyl (C=O) groups is 1. The molecule has 2 aliphatic carbocycles. The Morgan fingerprint density at radius 1 is 0.676 bits per heavy atom. The molecule has 34 heavy (non-hydrogen) atoms. The number of nitrogens with one attached hydrogen (secondary N) is 1. The van der Waals surface area contributed by atoms with Gasteiger partial charge >= 0.3 is 0 Å². The molecule has 0 saturated heterocycles. The number of hydrogen-bond acceptors (Lipinski definition) is 1. The Morgan fingerprint density at radius 2 is 1.12 bits per heavy atom. The van der Waals surface area contributed by atoms with E-state index >= 15 is 0 Å². The van der Waals surface area contributed by atoms with Crippen molar-refractivity contribution in [1.82, 2.24) is 5.32 Å². The van der Waals surface area contributed by atoms with Crippen molar-refractivity contribution in [3.63, 3.8) is 0 Å². The van der Waals surface area contributed by atoms with Gasteiger partial charge in [-0.15, -0.1) is 0 Å². The first-order valence-corrected chi connectivity index (χ1v) is 12.8. The number of hydrogen-bond donors (Lipinski definition) is 1. The lowest BCUT2D eigenvalue weighted by Gasteiger charge is -2.42. The Labute approximate surface area is 214 Å². The fourth-order valence-corrected chi connectivity index (χ4v) is 5.94. The van der Waals surface area contributed by atoms with Crippen LogP contribution in [0.4, 0.5) is 0 Å². The minimum absolute atomic E-state index is 0. The van der Waals surface area contributed by atoms with Crippen LogP contribution in [0.15, 0.2) is 36.4 Å².